The molecule has 0 amide bonds. The van der Waals surface area contributed by atoms with E-state index in [0.717, 1.165) is 13.0 Å². The Kier molecular flexibility index (Phi) is 31.4. The number of rotatable bonds is 33. The van der Waals surface area contributed by atoms with Crippen molar-refractivity contribution in [1.29, 1.82) is 0 Å². The molecule has 10 nitrogen and oxygen atoms in total. The minimum Gasteiger partial charge on any atom is -0.460 e. The highest BCUT2D eigenvalue weighted by Gasteiger charge is 2.15. The van der Waals surface area contributed by atoms with Crippen LogP contribution in [0.4, 0.5) is 0 Å². The first-order chi connectivity index (χ1) is 20.0. The Morgan fingerprint density at radius 3 is 1.05 bits per heavy atom. The number of ether oxygens (including phenoxy) is 9. The molecule has 0 radical (unpaired) electrons. The first-order valence-corrected chi connectivity index (χ1v) is 15.8. The molecular formula is C31H62O10. The molecule has 0 atom stereocenters. The third kappa shape index (κ3) is 37.1. The summed E-state index contributed by atoms with van der Waals surface area (Å²) in [6.07, 6.45) is 10.8. The first-order valence-electron chi connectivity index (χ1n) is 15.8. The van der Waals surface area contributed by atoms with Crippen LogP contribution in [0, 0.1) is 0 Å². The zero-order chi connectivity index (χ0) is 30.1. The summed E-state index contributed by atoms with van der Waals surface area (Å²) in [6, 6.07) is 0. The standard InChI is InChI=1S/C31H62O10/c1-5-6-7-8-9-10-11-12-14-33-16-18-35-20-22-37-24-26-39-28-29-40-27-25-38-23-21-36-19-17-34-15-13-30(32)41-31(2,3)4/h5-29H2,1-4H3. The molecule has 10 heteroatoms. The van der Waals surface area contributed by atoms with Gasteiger partial charge in [0, 0.05) is 6.61 Å². The van der Waals surface area contributed by atoms with Gasteiger partial charge < -0.3 is 42.6 Å². The fraction of sp³-hybridized carbons (Fsp3) is 0.968. The van der Waals surface area contributed by atoms with E-state index in [0.29, 0.717) is 99.1 Å². The molecule has 0 aliphatic rings. The summed E-state index contributed by atoms with van der Waals surface area (Å²) in [5, 5.41) is 0. The molecule has 0 fully saturated rings. The summed E-state index contributed by atoms with van der Waals surface area (Å²) in [7, 11) is 0. The maximum absolute atomic E-state index is 11.5. The second-order valence-electron chi connectivity index (χ2n) is 10.7. The highest BCUT2D eigenvalue weighted by atomic mass is 16.6. The molecule has 0 N–H and O–H groups in total. The van der Waals surface area contributed by atoms with Crippen LogP contribution in [0.25, 0.3) is 0 Å². The van der Waals surface area contributed by atoms with Crippen LogP contribution in [-0.4, -0.2) is 117 Å². The lowest BCUT2D eigenvalue weighted by atomic mass is 10.1. The van der Waals surface area contributed by atoms with Gasteiger partial charge in [0.05, 0.1) is 106 Å². The monoisotopic (exact) mass is 594 g/mol. The third-order valence-electron chi connectivity index (χ3n) is 5.62. The SMILES string of the molecule is CCCCCCCCCCOCCOCCOCCOCCOCCOCCOCCOCCC(=O)OC(C)(C)C. The Hall–Kier alpha value is -0.850. The largest absolute Gasteiger partial charge is 0.460 e. The highest BCUT2D eigenvalue weighted by molar-refractivity contribution is 5.69. The van der Waals surface area contributed by atoms with E-state index in [2.05, 4.69) is 6.92 Å². The average molecular weight is 595 g/mol. The van der Waals surface area contributed by atoms with Gasteiger partial charge in [-0.2, -0.15) is 0 Å². The van der Waals surface area contributed by atoms with Crippen molar-refractivity contribution in [3.63, 3.8) is 0 Å². The van der Waals surface area contributed by atoms with E-state index in [1.807, 2.05) is 20.8 Å². The van der Waals surface area contributed by atoms with Crippen LogP contribution >= 0.6 is 0 Å². The molecule has 0 unspecified atom stereocenters. The summed E-state index contributed by atoms with van der Waals surface area (Å²) in [5.41, 5.74) is -0.465. The van der Waals surface area contributed by atoms with Gasteiger partial charge in [0.2, 0.25) is 0 Å². The summed E-state index contributed by atoms with van der Waals surface area (Å²) in [5.74, 6) is -0.257. The lowest BCUT2D eigenvalue weighted by molar-refractivity contribution is -0.156. The van der Waals surface area contributed by atoms with E-state index in [1.165, 1.54) is 44.9 Å². The molecule has 0 rings (SSSR count). The Balaban J connectivity index is 3.09. The van der Waals surface area contributed by atoms with Crippen molar-refractivity contribution in [2.45, 2.75) is 91.1 Å². The Morgan fingerprint density at radius 1 is 0.415 bits per heavy atom. The van der Waals surface area contributed by atoms with Gasteiger partial charge in [-0.15, -0.1) is 0 Å². The van der Waals surface area contributed by atoms with Crippen molar-refractivity contribution in [2.24, 2.45) is 0 Å². The molecule has 0 aliphatic carbocycles. The van der Waals surface area contributed by atoms with Crippen molar-refractivity contribution in [1.82, 2.24) is 0 Å². The van der Waals surface area contributed by atoms with Crippen LogP contribution in [0.3, 0.4) is 0 Å². The minimum absolute atomic E-state index is 0.241. The summed E-state index contributed by atoms with van der Waals surface area (Å²) in [6.45, 7) is 16.3. The minimum atomic E-state index is -0.465. The molecule has 0 bridgehead atoms. The molecule has 246 valence electrons. The van der Waals surface area contributed by atoms with E-state index in [4.69, 9.17) is 42.6 Å². The second-order valence-corrected chi connectivity index (χ2v) is 10.7. The van der Waals surface area contributed by atoms with Crippen LogP contribution in [0.2, 0.25) is 0 Å². The summed E-state index contributed by atoms with van der Waals surface area (Å²) in [4.78, 5) is 11.5. The molecule has 0 heterocycles. The normalized spacial score (nSPS) is 11.8. The van der Waals surface area contributed by atoms with Crippen molar-refractivity contribution < 1.29 is 47.4 Å². The van der Waals surface area contributed by atoms with Crippen LogP contribution < -0.4 is 0 Å². The van der Waals surface area contributed by atoms with Gasteiger partial charge in [-0.05, 0) is 27.2 Å². The molecule has 41 heavy (non-hydrogen) atoms. The Bertz CT molecular complexity index is 528. The van der Waals surface area contributed by atoms with Crippen molar-refractivity contribution in [2.75, 3.05) is 106 Å². The van der Waals surface area contributed by atoms with Crippen LogP contribution in [0.15, 0.2) is 0 Å². The van der Waals surface area contributed by atoms with E-state index in [9.17, 15) is 4.79 Å². The van der Waals surface area contributed by atoms with Crippen molar-refractivity contribution >= 4 is 5.97 Å². The fourth-order valence-corrected chi connectivity index (χ4v) is 3.53. The molecule has 0 saturated heterocycles. The molecule has 0 spiro atoms. The second kappa shape index (κ2) is 32.1. The highest BCUT2D eigenvalue weighted by Crippen LogP contribution is 2.09. The summed E-state index contributed by atoms with van der Waals surface area (Å²) >= 11 is 0. The predicted octanol–water partition coefficient (Wildman–Crippen LogP) is 4.99. The van der Waals surface area contributed by atoms with Gasteiger partial charge in [-0.3, -0.25) is 4.79 Å². The lowest BCUT2D eigenvalue weighted by Gasteiger charge is -2.19. The van der Waals surface area contributed by atoms with Gasteiger partial charge in [0.25, 0.3) is 0 Å². The zero-order valence-corrected chi connectivity index (χ0v) is 26.8. The quantitative estimate of drug-likeness (QED) is 0.0763. The van der Waals surface area contributed by atoms with Crippen molar-refractivity contribution in [3.8, 4) is 0 Å². The number of esters is 1. The van der Waals surface area contributed by atoms with Gasteiger partial charge in [-0.25, -0.2) is 0 Å². The predicted molar refractivity (Wildman–Crippen MR) is 160 cm³/mol. The van der Waals surface area contributed by atoms with E-state index in [1.54, 1.807) is 0 Å². The maximum Gasteiger partial charge on any atom is 0.308 e. The smallest absolute Gasteiger partial charge is 0.308 e. The molecule has 0 aromatic heterocycles. The number of carbonyl (C=O) groups is 1. The number of carbonyl (C=O) groups excluding carboxylic acids is 1. The van der Waals surface area contributed by atoms with E-state index >= 15 is 0 Å². The molecule has 0 aromatic carbocycles. The van der Waals surface area contributed by atoms with Crippen LogP contribution in [-0.2, 0) is 47.4 Å². The fourth-order valence-electron chi connectivity index (χ4n) is 3.53. The van der Waals surface area contributed by atoms with Crippen LogP contribution in [0.1, 0.15) is 85.5 Å². The van der Waals surface area contributed by atoms with Crippen molar-refractivity contribution in [3.05, 3.63) is 0 Å². The molecular weight excluding hydrogens is 532 g/mol. The maximum atomic E-state index is 11.5. The Labute approximate surface area is 250 Å². The molecule has 0 aromatic rings. The molecule has 0 saturated carbocycles. The van der Waals surface area contributed by atoms with Gasteiger partial charge in [0.1, 0.15) is 5.60 Å². The van der Waals surface area contributed by atoms with E-state index in [-0.39, 0.29) is 12.4 Å². The Morgan fingerprint density at radius 2 is 0.707 bits per heavy atom. The summed E-state index contributed by atoms with van der Waals surface area (Å²) < 4.78 is 49.0. The number of hydrogen-bond donors (Lipinski definition) is 0. The number of hydrogen-bond acceptors (Lipinski definition) is 10. The first kappa shape index (κ1) is 40.1. The third-order valence-corrected chi connectivity index (χ3v) is 5.62. The number of unbranched alkanes of at least 4 members (excludes halogenated alkanes) is 7. The zero-order valence-electron chi connectivity index (χ0n) is 26.8. The average Bonchev–Trinajstić information content (AvgIpc) is 2.92. The molecule has 0 aliphatic heterocycles. The van der Waals surface area contributed by atoms with Gasteiger partial charge in [0.15, 0.2) is 0 Å². The van der Waals surface area contributed by atoms with Crippen LogP contribution in [0.5, 0.6) is 0 Å². The topological polar surface area (TPSA) is 100 Å². The lowest BCUT2D eigenvalue weighted by Crippen LogP contribution is -2.24. The van der Waals surface area contributed by atoms with Gasteiger partial charge >= 0.3 is 5.97 Å². The van der Waals surface area contributed by atoms with E-state index < -0.39 is 5.60 Å². The van der Waals surface area contributed by atoms with Gasteiger partial charge in [-0.1, -0.05) is 51.9 Å².